The van der Waals surface area contributed by atoms with Gasteiger partial charge in [0.2, 0.25) is 15.9 Å². The van der Waals surface area contributed by atoms with Crippen molar-refractivity contribution in [1.82, 2.24) is 9.80 Å². The molecule has 1 aromatic carbocycles. The van der Waals surface area contributed by atoms with E-state index in [1.807, 2.05) is 7.05 Å². The number of likely N-dealkylation sites (N-methyl/N-ethyl adjacent to an activating group) is 1. The van der Waals surface area contributed by atoms with Gasteiger partial charge in [0.1, 0.15) is 5.75 Å². The average Bonchev–Trinajstić information content (AvgIpc) is 2.54. The van der Waals surface area contributed by atoms with Crippen LogP contribution < -0.4 is 9.04 Å². The number of hydrogen-bond acceptors (Lipinski definition) is 5. The van der Waals surface area contributed by atoms with Crippen LogP contribution in [-0.2, 0) is 14.8 Å². The zero-order valence-electron chi connectivity index (χ0n) is 14.4. The number of carbonyl (C=O) groups excluding carboxylic acids is 1. The van der Waals surface area contributed by atoms with Crippen LogP contribution >= 0.6 is 0 Å². The first-order valence-electron chi connectivity index (χ1n) is 7.89. The van der Waals surface area contributed by atoms with Crippen molar-refractivity contribution in [3.05, 3.63) is 24.3 Å². The van der Waals surface area contributed by atoms with E-state index in [4.69, 9.17) is 4.74 Å². The Morgan fingerprint density at radius 3 is 2.50 bits per heavy atom. The van der Waals surface area contributed by atoms with Gasteiger partial charge < -0.3 is 14.5 Å². The summed E-state index contributed by atoms with van der Waals surface area (Å²) in [5.74, 6) is 0.561. The molecular weight excluding hydrogens is 330 g/mol. The van der Waals surface area contributed by atoms with Crippen molar-refractivity contribution in [2.75, 3.05) is 57.4 Å². The molecular formula is C16H25N3O4S. The molecule has 1 aromatic rings. The van der Waals surface area contributed by atoms with Crippen LogP contribution in [0.15, 0.2) is 24.3 Å². The molecule has 134 valence electrons. The number of amides is 1. The first-order chi connectivity index (χ1) is 11.3. The largest absolute Gasteiger partial charge is 0.497 e. The maximum Gasteiger partial charge on any atom is 0.232 e. The van der Waals surface area contributed by atoms with E-state index in [2.05, 4.69) is 4.90 Å². The van der Waals surface area contributed by atoms with Crippen LogP contribution in [0.25, 0.3) is 0 Å². The number of ether oxygens (including phenoxy) is 1. The Hall–Kier alpha value is -1.80. The number of rotatable bonds is 6. The molecule has 24 heavy (non-hydrogen) atoms. The van der Waals surface area contributed by atoms with Crippen molar-refractivity contribution < 1.29 is 17.9 Å². The molecule has 7 nitrogen and oxygen atoms in total. The normalized spacial score (nSPS) is 16.0. The molecule has 1 saturated heterocycles. The first kappa shape index (κ1) is 18.5. The molecule has 0 N–H and O–H groups in total. The molecule has 0 aromatic heterocycles. The quantitative estimate of drug-likeness (QED) is 0.748. The minimum Gasteiger partial charge on any atom is -0.497 e. The van der Waals surface area contributed by atoms with E-state index in [0.29, 0.717) is 24.5 Å². The number of carbonyl (C=O) groups is 1. The molecule has 1 aliphatic rings. The maximum absolute atomic E-state index is 12.4. The molecule has 0 unspecified atom stereocenters. The number of benzene rings is 1. The second kappa shape index (κ2) is 7.85. The van der Waals surface area contributed by atoms with E-state index < -0.39 is 10.0 Å². The van der Waals surface area contributed by atoms with Crippen LogP contribution in [0, 0.1) is 0 Å². The highest BCUT2D eigenvalue weighted by molar-refractivity contribution is 7.92. The van der Waals surface area contributed by atoms with E-state index >= 15 is 0 Å². The van der Waals surface area contributed by atoms with Crippen molar-refractivity contribution >= 4 is 21.6 Å². The predicted molar refractivity (Wildman–Crippen MR) is 93.9 cm³/mol. The summed E-state index contributed by atoms with van der Waals surface area (Å²) in [7, 11) is 0.0731. The van der Waals surface area contributed by atoms with Gasteiger partial charge in [0.05, 0.1) is 19.1 Å². The number of methoxy groups -OCH3 is 1. The lowest BCUT2D eigenvalue weighted by molar-refractivity contribution is -0.132. The third kappa shape index (κ3) is 4.85. The van der Waals surface area contributed by atoms with Gasteiger partial charge in [0, 0.05) is 45.2 Å². The summed E-state index contributed by atoms with van der Waals surface area (Å²) in [6.45, 7) is 3.19. The smallest absolute Gasteiger partial charge is 0.232 e. The van der Waals surface area contributed by atoms with Crippen LogP contribution in [0.2, 0.25) is 0 Å². The number of hydrogen-bond donors (Lipinski definition) is 0. The highest BCUT2D eigenvalue weighted by Gasteiger charge is 2.23. The average molecular weight is 355 g/mol. The van der Waals surface area contributed by atoms with Crippen LogP contribution in [0.5, 0.6) is 5.75 Å². The molecule has 1 aliphatic heterocycles. The van der Waals surface area contributed by atoms with Gasteiger partial charge in [-0.05, 0) is 19.2 Å². The zero-order chi connectivity index (χ0) is 17.7. The van der Waals surface area contributed by atoms with Crippen molar-refractivity contribution in [3.8, 4) is 5.75 Å². The Balaban J connectivity index is 2.06. The second-order valence-electron chi connectivity index (χ2n) is 5.97. The maximum atomic E-state index is 12.4. The zero-order valence-corrected chi connectivity index (χ0v) is 15.3. The van der Waals surface area contributed by atoms with Gasteiger partial charge in [-0.3, -0.25) is 9.10 Å². The van der Waals surface area contributed by atoms with Gasteiger partial charge in [0.25, 0.3) is 0 Å². The van der Waals surface area contributed by atoms with E-state index in [9.17, 15) is 13.2 Å². The van der Waals surface area contributed by atoms with E-state index in [-0.39, 0.29) is 18.9 Å². The van der Waals surface area contributed by atoms with E-state index in [1.165, 1.54) is 11.4 Å². The minimum atomic E-state index is -3.48. The number of piperazine rings is 1. The lowest BCUT2D eigenvalue weighted by Crippen LogP contribution is -2.48. The third-order valence-electron chi connectivity index (χ3n) is 4.13. The monoisotopic (exact) mass is 355 g/mol. The van der Waals surface area contributed by atoms with E-state index in [1.54, 1.807) is 29.2 Å². The molecule has 0 spiro atoms. The standard InChI is InChI=1S/C16H25N3O4S/c1-17-9-11-18(12-10-17)16(20)7-8-19(24(3,21)22)14-5-4-6-15(13-14)23-2/h4-6,13H,7-12H2,1-3H3. The predicted octanol–water partition coefficient (Wildman–Crippen LogP) is 0.625. The van der Waals surface area contributed by atoms with Crippen LogP contribution in [0.4, 0.5) is 5.69 Å². The number of nitrogens with zero attached hydrogens (tertiary/aromatic N) is 3. The fraction of sp³-hybridized carbons (Fsp3) is 0.562. The van der Waals surface area contributed by atoms with Gasteiger partial charge in [0.15, 0.2) is 0 Å². The van der Waals surface area contributed by atoms with Gasteiger partial charge in [-0.1, -0.05) is 6.07 Å². The van der Waals surface area contributed by atoms with Gasteiger partial charge in [-0.25, -0.2) is 8.42 Å². The topological polar surface area (TPSA) is 70.2 Å². The lowest BCUT2D eigenvalue weighted by atomic mass is 10.2. The Morgan fingerprint density at radius 1 is 1.25 bits per heavy atom. The molecule has 1 amide bonds. The third-order valence-corrected chi connectivity index (χ3v) is 5.32. The van der Waals surface area contributed by atoms with Gasteiger partial charge >= 0.3 is 0 Å². The summed E-state index contributed by atoms with van der Waals surface area (Å²) in [6, 6.07) is 6.83. The summed E-state index contributed by atoms with van der Waals surface area (Å²) >= 11 is 0. The van der Waals surface area contributed by atoms with Gasteiger partial charge in [-0.2, -0.15) is 0 Å². The molecule has 8 heteroatoms. The Morgan fingerprint density at radius 2 is 1.92 bits per heavy atom. The number of sulfonamides is 1. The second-order valence-corrected chi connectivity index (χ2v) is 7.88. The lowest BCUT2D eigenvalue weighted by Gasteiger charge is -2.33. The summed E-state index contributed by atoms with van der Waals surface area (Å²) < 4.78 is 30.6. The molecule has 2 rings (SSSR count). The summed E-state index contributed by atoms with van der Waals surface area (Å²) in [4.78, 5) is 16.3. The van der Waals surface area contributed by atoms with Crippen LogP contribution in [0.1, 0.15) is 6.42 Å². The molecule has 0 aliphatic carbocycles. The van der Waals surface area contributed by atoms with Gasteiger partial charge in [-0.15, -0.1) is 0 Å². The van der Waals surface area contributed by atoms with Crippen molar-refractivity contribution in [2.45, 2.75) is 6.42 Å². The summed E-state index contributed by atoms with van der Waals surface area (Å²) in [5, 5.41) is 0. The highest BCUT2D eigenvalue weighted by Crippen LogP contribution is 2.23. The molecule has 1 fully saturated rings. The van der Waals surface area contributed by atoms with Crippen LogP contribution in [-0.4, -0.2) is 77.3 Å². The van der Waals surface area contributed by atoms with Crippen molar-refractivity contribution in [2.24, 2.45) is 0 Å². The highest BCUT2D eigenvalue weighted by atomic mass is 32.2. The molecule has 1 heterocycles. The first-order valence-corrected chi connectivity index (χ1v) is 9.74. The van der Waals surface area contributed by atoms with Crippen LogP contribution in [0.3, 0.4) is 0 Å². The molecule has 0 atom stereocenters. The van der Waals surface area contributed by atoms with Crippen molar-refractivity contribution in [3.63, 3.8) is 0 Å². The summed E-state index contributed by atoms with van der Waals surface area (Å²) in [6.07, 6.45) is 1.31. The SMILES string of the molecule is COc1cccc(N(CCC(=O)N2CCN(C)CC2)S(C)(=O)=O)c1. The fourth-order valence-corrected chi connectivity index (χ4v) is 3.58. The number of anilines is 1. The van der Waals surface area contributed by atoms with Crippen molar-refractivity contribution in [1.29, 1.82) is 0 Å². The summed E-state index contributed by atoms with van der Waals surface area (Å²) in [5.41, 5.74) is 0.503. The minimum absolute atomic E-state index is 0.0142. The Labute approximate surface area is 143 Å². The molecule has 0 bridgehead atoms. The Bertz CT molecular complexity index is 670. The molecule has 0 radical (unpaired) electrons. The van der Waals surface area contributed by atoms with E-state index in [0.717, 1.165) is 19.3 Å². The molecule has 0 saturated carbocycles. The fourth-order valence-electron chi connectivity index (χ4n) is 2.66. The Kier molecular flexibility index (Phi) is 6.06.